The summed E-state index contributed by atoms with van der Waals surface area (Å²) in [6.45, 7) is 1.98. The van der Waals surface area contributed by atoms with E-state index in [1.807, 2.05) is 25.1 Å². The molecule has 0 saturated carbocycles. The lowest BCUT2D eigenvalue weighted by Gasteiger charge is -1.98. The highest BCUT2D eigenvalue weighted by molar-refractivity contribution is 7.22. The molecule has 0 fully saturated rings. The largest absolute Gasteiger partial charge is 0.463 e. The number of nitrogens with one attached hydrogen (secondary N) is 1. The fourth-order valence-electron chi connectivity index (χ4n) is 2.66. The number of hydrogen-bond donors (Lipinski definition) is 1. The Bertz CT molecular complexity index is 1220. The zero-order valence-electron chi connectivity index (χ0n) is 13.9. The molecule has 6 heteroatoms. The number of thiazole rings is 1. The van der Waals surface area contributed by atoms with Gasteiger partial charge in [-0.05, 0) is 36.8 Å². The summed E-state index contributed by atoms with van der Waals surface area (Å²) in [5.41, 5.74) is 2.60. The van der Waals surface area contributed by atoms with Crippen LogP contribution >= 0.6 is 11.3 Å². The summed E-state index contributed by atoms with van der Waals surface area (Å²) in [6, 6.07) is 12.9. The van der Waals surface area contributed by atoms with Crippen LogP contribution in [0.5, 0.6) is 0 Å². The second-order valence-electron chi connectivity index (χ2n) is 5.78. The third-order valence-electron chi connectivity index (χ3n) is 3.97. The summed E-state index contributed by atoms with van der Waals surface area (Å²) >= 11 is 1.41. The maximum absolute atomic E-state index is 12.4. The molecule has 0 radical (unpaired) electrons. The smallest absolute Gasteiger partial charge is 0.250 e. The summed E-state index contributed by atoms with van der Waals surface area (Å²) in [4.78, 5) is 29.0. The van der Waals surface area contributed by atoms with Crippen LogP contribution in [0.2, 0.25) is 0 Å². The Labute approximate surface area is 152 Å². The third kappa shape index (κ3) is 3.02. The van der Waals surface area contributed by atoms with Gasteiger partial charge in [0.2, 0.25) is 5.91 Å². The first-order chi connectivity index (χ1) is 12.6. The minimum Gasteiger partial charge on any atom is -0.463 e. The number of benzene rings is 2. The number of aryl methyl sites for hydroxylation is 1. The van der Waals surface area contributed by atoms with Gasteiger partial charge < -0.3 is 4.42 Å². The molecular weight excluding hydrogens is 348 g/mol. The Kier molecular flexibility index (Phi) is 4.10. The van der Waals surface area contributed by atoms with Crippen molar-refractivity contribution in [2.45, 2.75) is 6.92 Å². The van der Waals surface area contributed by atoms with E-state index in [9.17, 15) is 9.59 Å². The molecule has 4 aromatic rings. The van der Waals surface area contributed by atoms with Gasteiger partial charge >= 0.3 is 0 Å². The standard InChI is InChI=1S/C20H14N2O3S/c1-12-5-4-8-16-18(12)22-20(26-16)21-17(23)10-9-13-11-25-15-7-3-2-6-14(15)19(13)24/h2-11H,1H3,(H,21,22,23)/b10-9+. The number of para-hydroxylation sites is 2. The van der Waals surface area contributed by atoms with Crippen molar-refractivity contribution in [2.24, 2.45) is 0 Å². The first kappa shape index (κ1) is 16.2. The highest BCUT2D eigenvalue weighted by atomic mass is 32.1. The van der Waals surface area contributed by atoms with Crippen molar-refractivity contribution in [1.82, 2.24) is 4.98 Å². The summed E-state index contributed by atoms with van der Waals surface area (Å²) in [6.07, 6.45) is 4.11. The van der Waals surface area contributed by atoms with Crippen molar-refractivity contribution in [3.05, 3.63) is 76.2 Å². The monoisotopic (exact) mass is 362 g/mol. The van der Waals surface area contributed by atoms with E-state index in [0.717, 1.165) is 15.8 Å². The average Bonchev–Trinajstić information content (AvgIpc) is 3.05. The van der Waals surface area contributed by atoms with Crippen molar-refractivity contribution >= 4 is 49.6 Å². The van der Waals surface area contributed by atoms with Gasteiger partial charge in [0, 0.05) is 6.08 Å². The SMILES string of the molecule is Cc1cccc2sc(NC(=O)/C=C/c3coc4ccccc4c3=O)nc12. The predicted octanol–water partition coefficient (Wildman–Crippen LogP) is 4.36. The number of hydrogen-bond acceptors (Lipinski definition) is 5. The van der Waals surface area contributed by atoms with E-state index in [0.29, 0.717) is 21.7 Å². The molecule has 0 spiro atoms. The Morgan fingerprint density at radius 2 is 2.04 bits per heavy atom. The van der Waals surface area contributed by atoms with E-state index in [-0.39, 0.29) is 11.3 Å². The number of rotatable bonds is 3. The lowest BCUT2D eigenvalue weighted by Crippen LogP contribution is -2.09. The number of nitrogens with zero attached hydrogens (tertiary/aromatic N) is 1. The van der Waals surface area contributed by atoms with Crippen molar-refractivity contribution in [2.75, 3.05) is 5.32 Å². The van der Waals surface area contributed by atoms with Crippen LogP contribution in [0.25, 0.3) is 27.3 Å². The Morgan fingerprint density at radius 1 is 1.19 bits per heavy atom. The van der Waals surface area contributed by atoms with Gasteiger partial charge in [-0.25, -0.2) is 4.98 Å². The Morgan fingerprint density at radius 3 is 2.88 bits per heavy atom. The number of carbonyl (C=O) groups excluding carboxylic acids is 1. The number of amides is 1. The van der Waals surface area contributed by atoms with Gasteiger partial charge in [-0.1, -0.05) is 35.6 Å². The number of fused-ring (bicyclic) bond motifs is 2. The molecule has 1 amide bonds. The maximum atomic E-state index is 12.4. The third-order valence-corrected chi connectivity index (χ3v) is 4.91. The second kappa shape index (κ2) is 6.57. The second-order valence-corrected chi connectivity index (χ2v) is 6.81. The van der Waals surface area contributed by atoms with E-state index in [4.69, 9.17) is 4.42 Å². The zero-order chi connectivity index (χ0) is 18.1. The molecule has 2 heterocycles. The van der Waals surface area contributed by atoms with Crippen LogP contribution in [0.15, 0.2) is 64.0 Å². The molecule has 128 valence electrons. The van der Waals surface area contributed by atoms with Crippen LogP contribution in [-0.4, -0.2) is 10.9 Å². The zero-order valence-corrected chi connectivity index (χ0v) is 14.7. The highest BCUT2D eigenvalue weighted by Gasteiger charge is 2.08. The molecule has 0 unspecified atom stereocenters. The molecule has 1 N–H and O–H groups in total. The topological polar surface area (TPSA) is 72.2 Å². The van der Waals surface area contributed by atoms with E-state index in [1.165, 1.54) is 29.8 Å². The van der Waals surface area contributed by atoms with Gasteiger partial charge in [0.15, 0.2) is 10.6 Å². The van der Waals surface area contributed by atoms with Crippen molar-refractivity contribution < 1.29 is 9.21 Å². The van der Waals surface area contributed by atoms with Crippen molar-refractivity contribution in [3.8, 4) is 0 Å². The summed E-state index contributed by atoms with van der Waals surface area (Å²) < 4.78 is 6.45. The molecule has 0 saturated heterocycles. The van der Waals surface area contributed by atoms with Gasteiger partial charge in [0.05, 0.1) is 21.2 Å². The highest BCUT2D eigenvalue weighted by Crippen LogP contribution is 2.27. The van der Waals surface area contributed by atoms with Gasteiger partial charge in [0.1, 0.15) is 11.8 Å². The van der Waals surface area contributed by atoms with Crippen molar-refractivity contribution in [3.63, 3.8) is 0 Å². The molecule has 0 atom stereocenters. The molecule has 0 bridgehead atoms. The fraction of sp³-hybridized carbons (Fsp3) is 0.0500. The molecule has 0 aliphatic heterocycles. The van der Waals surface area contributed by atoms with Gasteiger partial charge in [-0.15, -0.1) is 0 Å². The molecule has 2 aromatic heterocycles. The molecule has 2 aromatic carbocycles. The normalized spacial score (nSPS) is 11.4. The van der Waals surface area contributed by atoms with E-state index < -0.39 is 0 Å². The van der Waals surface area contributed by atoms with Gasteiger partial charge in [-0.2, -0.15) is 0 Å². The van der Waals surface area contributed by atoms with Crippen LogP contribution < -0.4 is 10.7 Å². The van der Waals surface area contributed by atoms with Gasteiger partial charge in [-0.3, -0.25) is 14.9 Å². The van der Waals surface area contributed by atoms with Crippen LogP contribution in [0.3, 0.4) is 0 Å². The molecule has 26 heavy (non-hydrogen) atoms. The first-order valence-corrected chi connectivity index (χ1v) is 8.79. The van der Waals surface area contributed by atoms with E-state index in [2.05, 4.69) is 10.3 Å². The predicted molar refractivity (Wildman–Crippen MR) is 105 cm³/mol. The minimum atomic E-state index is -0.353. The van der Waals surface area contributed by atoms with Crippen LogP contribution in [0.1, 0.15) is 11.1 Å². The number of carbonyl (C=O) groups is 1. The molecule has 0 aliphatic rings. The molecule has 0 aliphatic carbocycles. The average molecular weight is 362 g/mol. The lowest BCUT2D eigenvalue weighted by atomic mass is 10.1. The summed E-state index contributed by atoms with van der Waals surface area (Å²) in [5, 5.41) is 3.74. The quantitative estimate of drug-likeness (QED) is 0.550. The Balaban J connectivity index is 1.56. The van der Waals surface area contributed by atoms with Crippen molar-refractivity contribution in [1.29, 1.82) is 0 Å². The van der Waals surface area contributed by atoms with E-state index >= 15 is 0 Å². The summed E-state index contributed by atoms with van der Waals surface area (Å²) in [7, 11) is 0. The van der Waals surface area contributed by atoms with Crippen LogP contribution in [0, 0.1) is 6.92 Å². The van der Waals surface area contributed by atoms with Crippen LogP contribution in [-0.2, 0) is 4.79 Å². The maximum Gasteiger partial charge on any atom is 0.250 e. The van der Waals surface area contributed by atoms with Gasteiger partial charge in [0.25, 0.3) is 0 Å². The summed E-state index contributed by atoms with van der Waals surface area (Å²) in [5.74, 6) is -0.353. The lowest BCUT2D eigenvalue weighted by molar-refractivity contribution is -0.111. The van der Waals surface area contributed by atoms with Crippen LogP contribution in [0.4, 0.5) is 5.13 Å². The van der Waals surface area contributed by atoms with E-state index in [1.54, 1.807) is 24.3 Å². The Hall–Kier alpha value is -3.25. The fourth-order valence-corrected chi connectivity index (χ4v) is 3.61. The molecule has 5 nitrogen and oxygen atoms in total. The molecule has 4 rings (SSSR count). The molecular formula is C20H14N2O3S. The number of aromatic nitrogens is 1. The number of anilines is 1. The minimum absolute atomic E-state index is 0.175. The first-order valence-electron chi connectivity index (χ1n) is 7.97.